The van der Waals surface area contributed by atoms with Crippen LogP contribution in [0.3, 0.4) is 0 Å². The molecule has 3 heterocycles. The van der Waals surface area contributed by atoms with Gasteiger partial charge >= 0.3 is 6.03 Å². The van der Waals surface area contributed by atoms with Crippen molar-refractivity contribution in [2.75, 3.05) is 26.2 Å². The summed E-state index contributed by atoms with van der Waals surface area (Å²) in [6.45, 7) is 6.37. The molecule has 0 unspecified atom stereocenters. The Hall–Kier alpha value is -1.30. The van der Waals surface area contributed by atoms with Gasteiger partial charge in [-0.1, -0.05) is 26.2 Å². The van der Waals surface area contributed by atoms with Gasteiger partial charge in [-0.2, -0.15) is 0 Å². The van der Waals surface area contributed by atoms with E-state index in [0.29, 0.717) is 30.0 Å². The maximum atomic E-state index is 12.7. The Morgan fingerprint density at radius 3 is 2.37 bits per heavy atom. The maximum absolute atomic E-state index is 12.7. The first kappa shape index (κ1) is 20.6. The van der Waals surface area contributed by atoms with Gasteiger partial charge < -0.3 is 15.1 Å². The number of nitrogens with one attached hydrogen (secondary N) is 1. The zero-order chi connectivity index (χ0) is 20.7. The number of likely N-dealkylation sites (tertiary alicyclic amines) is 2. The Balaban J connectivity index is 1.20. The van der Waals surface area contributed by atoms with E-state index in [9.17, 15) is 9.59 Å². The SMILES string of the molecule is CCCC1(N2CCC(N3C(=O)N[C@H]4CCCC[C@@H]43)CC2)CCN(C(=O)C2CC2)CC1. The fourth-order valence-corrected chi connectivity index (χ4v) is 6.97. The lowest BCUT2D eigenvalue weighted by Gasteiger charge is -2.52. The maximum Gasteiger partial charge on any atom is 0.318 e. The van der Waals surface area contributed by atoms with E-state index in [2.05, 4.69) is 26.9 Å². The van der Waals surface area contributed by atoms with E-state index in [4.69, 9.17) is 0 Å². The van der Waals surface area contributed by atoms with Crippen LogP contribution in [0.2, 0.25) is 0 Å². The highest BCUT2D eigenvalue weighted by Crippen LogP contribution is 2.39. The number of nitrogens with zero attached hydrogens (tertiary/aromatic N) is 3. The molecule has 30 heavy (non-hydrogen) atoms. The first-order valence-electron chi connectivity index (χ1n) is 12.7. The number of carbonyl (C=O) groups excluding carboxylic acids is 2. The third-order valence-electron chi connectivity index (χ3n) is 8.81. The van der Waals surface area contributed by atoms with Gasteiger partial charge in [-0.25, -0.2) is 4.79 Å². The molecule has 3 amide bonds. The Morgan fingerprint density at radius 2 is 1.70 bits per heavy atom. The predicted molar refractivity (Wildman–Crippen MR) is 117 cm³/mol. The van der Waals surface area contributed by atoms with E-state index in [1.54, 1.807) is 0 Å². The van der Waals surface area contributed by atoms with Crippen molar-refractivity contribution in [1.29, 1.82) is 0 Å². The van der Waals surface area contributed by atoms with Gasteiger partial charge in [-0.15, -0.1) is 0 Å². The van der Waals surface area contributed by atoms with Crippen LogP contribution >= 0.6 is 0 Å². The van der Waals surface area contributed by atoms with Crippen LogP contribution in [0.5, 0.6) is 0 Å². The lowest BCUT2D eigenvalue weighted by molar-refractivity contribution is -0.135. The first-order valence-corrected chi connectivity index (χ1v) is 12.7. The average Bonchev–Trinajstić information content (AvgIpc) is 3.56. The standard InChI is InChI=1S/C24H40N4O2/c1-2-11-24(12-16-26(17-13-24)22(29)18-7-8-18)27-14-9-19(10-15-27)28-21-6-4-3-5-20(21)25-23(28)30/h18-21H,2-17H2,1H3,(H,25,30)/t20-,21-/m0/s1. The summed E-state index contributed by atoms with van der Waals surface area (Å²) in [6.07, 6.45) is 14.0. The molecule has 168 valence electrons. The molecule has 0 spiro atoms. The van der Waals surface area contributed by atoms with Crippen LogP contribution in [-0.4, -0.2) is 76.5 Å². The lowest BCUT2D eigenvalue weighted by atomic mass is 9.80. The average molecular weight is 417 g/mol. The van der Waals surface area contributed by atoms with Gasteiger partial charge in [0.2, 0.25) is 5.91 Å². The molecular formula is C24H40N4O2. The van der Waals surface area contributed by atoms with Crippen molar-refractivity contribution in [1.82, 2.24) is 20.0 Å². The molecule has 2 aliphatic carbocycles. The molecule has 3 aliphatic heterocycles. The summed E-state index contributed by atoms with van der Waals surface area (Å²) in [7, 11) is 0. The number of fused-ring (bicyclic) bond motifs is 1. The smallest absolute Gasteiger partial charge is 0.318 e. The van der Waals surface area contributed by atoms with Crippen molar-refractivity contribution in [2.45, 2.75) is 108 Å². The van der Waals surface area contributed by atoms with E-state index in [1.807, 2.05) is 0 Å². The molecule has 2 saturated carbocycles. The van der Waals surface area contributed by atoms with E-state index < -0.39 is 0 Å². The second-order valence-corrected chi connectivity index (χ2v) is 10.6. The number of hydrogen-bond acceptors (Lipinski definition) is 3. The van der Waals surface area contributed by atoms with Gasteiger partial charge in [0, 0.05) is 43.7 Å². The third-order valence-corrected chi connectivity index (χ3v) is 8.81. The van der Waals surface area contributed by atoms with Crippen LogP contribution in [0.1, 0.15) is 84.0 Å². The minimum absolute atomic E-state index is 0.195. The zero-order valence-corrected chi connectivity index (χ0v) is 18.8. The van der Waals surface area contributed by atoms with Crippen molar-refractivity contribution in [3.8, 4) is 0 Å². The number of carbonyl (C=O) groups is 2. The highest BCUT2D eigenvalue weighted by atomic mass is 16.2. The number of piperidine rings is 2. The summed E-state index contributed by atoms with van der Waals surface area (Å²) in [4.78, 5) is 32.4. The van der Waals surface area contributed by atoms with Crippen molar-refractivity contribution in [3.63, 3.8) is 0 Å². The second kappa shape index (κ2) is 8.33. The summed E-state index contributed by atoms with van der Waals surface area (Å²) in [5, 5.41) is 3.27. The summed E-state index contributed by atoms with van der Waals surface area (Å²) >= 11 is 0. The van der Waals surface area contributed by atoms with Crippen molar-refractivity contribution in [2.24, 2.45) is 5.92 Å². The Morgan fingerprint density at radius 1 is 1.00 bits per heavy atom. The molecule has 0 radical (unpaired) electrons. The first-order chi connectivity index (χ1) is 14.6. The molecular weight excluding hydrogens is 376 g/mol. The van der Waals surface area contributed by atoms with Crippen molar-refractivity contribution >= 4 is 11.9 Å². The van der Waals surface area contributed by atoms with E-state index in [0.717, 1.165) is 71.1 Å². The molecule has 0 aromatic carbocycles. The summed E-state index contributed by atoms with van der Waals surface area (Å²) in [5.41, 5.74) is 0.265. The quantitative estimate of drug-likeness (QED) is 0.748. The molecule has 5 aliphatic rings. The topological polar surface area (TPSA) is 55.9 Å². The van der Waals surface area contributed by atoms with Gasteiger partial charge in [-0.05, 0) is 57.8 Å². The predicted octanol–water partition coefficient (Wildman–Crippen LogP) is 3.36. The van der Waals surface area contributed by atoms with Crippen LogP contribution in [0.25, 0.3) is 0 Å². The molecule has 3 saturated heterocycles. The highest BCUT2D eigenvalue weighted by molar-refractivity contribution is 5.81. The fourth-order valence-electron chi connectivity index (χ4n) is 6.97. The number of urea groups is 1. The van der Waals surface area contributed by atoms with Gasteiger partial charge in [0.1, 0.15) is 0 Å². The van der Waals surface area contributed by atoms with Crippen molar-refractivity contribution in [3.05, 3.63) is 0 Å². The normalized spacial score (nSPS) is 32.8. The Kier molecular flexibility index (Phi) is 5.72. The molecule has 6 heteroatoms. The lowest BCUT2D eigenvalue weighted by Crippen LogP contribution is -2.60. The summed E-state index contributed by atoms with van der Waals surface area (Å²) in [5.74, 6) is 0.760. The fraction of sp³-hybridized carbons (Fsp3) is 0.917. The number of rotatable bonds is 5. The van der Waals surface area contributed by atoms with Gasteiger partial charge in [0.25, 0.3) is 0 Å². The van der Waals surface area contributed by atoms with Gasteiger partial charge in [0.05, 0.1) is 12.1 Å². The third kappa shape index (κ3) is 3.74. The minimum Gasteiger partial charge on any atom is -0.342 e. The molecule has 6 nitrogen and oxygen atoms in total. The molecule has 0 aromatic heterocycles. The van der Waals surface area contributed by atoms with Crippen LogP contribution in [0.15, 0.2) is 0 Å². The van der Waals surface area contributed by atoms with E-state index in [-0.39, 0.29) is 11.6 Å². The monoisotopic (exact) mass is 416 g/mol. The molecule has 0 bridgehead atoms. The molecule has 5 fully saturated rings. The molecule has 2 atom stereocenters. The van der Waals surface area contributed by atoms with Crippen LogP contribution in [-0.2, 0) is 4.79 Å². The van der Waals surface area contributed by atoms with E-state index >= 15 is 0 Å². The van der Waals surface area contributed by atoms with Gasteiger partial charge in [-0.3, -0.25) is 9.69 Å². The van der Waals surface area contributed by atoms with Crippen LogP contribution in [0, 0.1) is 5.92 Å². The van der Waals surface area contributed by atoms with E-state index in [1.165, 1.54) is 32.1 Å². The summed E-state index contributed by atoms with van der Waals surface area (Å²) in [6, 6.07) is 1.43. The Bertz CT molecular complexity index is 648. The summed E-state index contributed by atoms with van der Waals surface area (Å²) < 4.78 is 0. The Labute approximate surface area is 181 Å². The largest absolute Gasteiger partial charge is 0.342 e. The number of amides is 3. The van der Waals surface area contributed by atoms with Crippen LogP contribution < -0.4 is 5.32 Å². The number of hydrogen-bond donors (Lipinski definition) is 1. The van der Waals surface area contributed by atoms with Crippen molar-refractivity contribution < 1.29 is 9.59 Å². The second-order valence-electron chi connectivity index (χ2n) is 10.6. The zero-order valence-electron chi connectivity index (χ0n) is 18.8. The van der Waals surface area contributed by atoms with Gasteiger partial charge in [0.15, 0.2) is 0 Å². The molecule has 5 rings (SSSR count). The van der Waals surface area contributed by atoms with Crippen LogP contribution in [0.4, 0.5) is 4.79 Å². The highest BCUT2D eigenvalue weighted by Gasteiger charge is 2.47. The molecule has 0 aromatic rings. The molecule has 1 N–H and O–H groups in total. The minimum atomic E-state index is 0.195.